The SMILES string of the molecule is CCOc1ccc(C(=O)NC(=S)Nc2ccc(NC(C)=O)cc2)cc1Cl. The molecule has 26 heavy (non-hydrogen) atoms. The third-order valence-corrected chi connectivity index (χ3v) is 3.68. The lowest BCUT2D eigenvalue weighted by Gasteiger charge is -2.11. The molecule has 2 amide bonds. The maximum absolute atomic E-state index is 12.3. The Balaban J connectivity index is 1.95. The Hall–Kier alpha value is -2.64. The summed E-state index contributed by atoms with van der Waals surface area (Å²) in [6.07, 6.45) is 0. The molecular weight excluding hydrogens is 374 g/mol. The third kappa shape index (κ3) is 5.72. The summed E-state index contributed by atoms with van der Waals surface area (Å²) in [5, 5.41) is 8.65. The van der Waals surface area contributed by atoms with E-state index < -0.39 is 0 Å². The maximum Gasteiger partial charge on any atom is 0.257 e. The number of amides is 2. The van der Waals surface area contributed by atoms with E-state index in [1.54, 1.807) is 36.4 Å². The number of halogens is 1. The van der Waals surface area contributed by atoms with Crippen LogP contribution in [0.2, 0.25) is 5.02 Å². The van der Waals surface area contributed by atoms with Crippen LogP contribution < -0.4 is 20.7 Å². The molecule has 0 aromatic heterocycles. The van der Waals surface area contributed by atoms with Gasteiger partial charge < -0.3 is 15.4 Å². The summed E-state index contributed by atoms with van der Waals surface area (Å²) in [5.41, 5.74) is 1.71. The van der Waals surface area contributed by atoms with Crippen LogP contribution in [-0.2, 0) is 4.79 Å². The second kappa shape index (κ2) is 9.17. The summed E-state index contributed by atoms with van der Waals surface area (Å²) in [5.74, 6) is -0.0181. The largest absolute Gasteiger partial charge is 0.492 e. The predicted octanol–water partition coefficient (Wildman–Crippen LogP) is 3.82. The van der Waals surface area contributed by atoms with Crippen molar-refractivity contribution in [3.63, 3.8) is 0 Å². The van der Waals surface area contributed by atoms with Crippen molar-refractivity contribution in [2.75, 3.05) is 17.2 Å². The molecule has 0 unspecified atom stereocenters. The van der Waals surface area contributed by atoms with Gasteiger partial charge in [-0.1, -0.05) is 11.6 Å². The van der Waals surface area contributed by atoms with Crippen molar-refractivity contribution in [3.8, 4) is 5.75 Å². The number of thiocarbonyl (C=S) groups is 1. The van der Waals surface area contributed by atoms with Gasteiger partial charge in [-0.25, -0.2) is 0 Å². The van der Waals surface area contributed by atoms with Crippen molar-refractivity contribution in [2.45, 2.75) is 13.8 Å². The van der Waals surface area contributed by atoms with Gasteiger partial charge in [0, 0.05) is 23.9 Å². The zero-order valence-corrected chi connectivity index (χ0v) is 15.8. The smallest absolute Gasteiger partial charge is 0.257 e. The average Bonchev–Trinajstić information content (AvgIpc) is 2.58. The van der Waals surface area contributed by atoms with Gasteiger partial charge in [-0.3, -0.25) is 14.9 Å². The highest BCUT2D eigenvalue weighted by atomic mass is 35.5. The second-order valence-corrected chi connectivity index (χ2v) is 6.06. The summed E-state index contributed by atoms with van der Waals surface area (Å²) in [6, 6.07) is 11.7. The molecule has 0 aliphatic heterocycles. The van der Waals surface area contributed by atoms with Gasteiger partial charge in [0.1, 0.15) is 5.75 Å². The van der Waals surface area contributed by atoms with Crippen molar-refractivity contribution in [1.29, 1.82) is 0 Å². The van der Waals surface area contributed by atoms with Crippen molar-refractivity contribution in [3.05, 3.63) is 53.1 Å². The van der Waals surface area contributed by atoms with E-state index in [9.17, 15) is 9.59 Å². The highest BCUT2D eigenvalue weighted by molar-refractivity contribution is 7.80. The Morgan fingerprint density at radius 2 is 1.69 bits per heavy atom. The molecule has 0 fully saturated rings. The zero-order valence-electron chi connectivity index (χ0n) is 14.3. The first-order valence-electron chi connectivity index (χ1n) is 7.81. The number of carbonyl (C=O) groups is 2. The first kappa shape index (κ1) is 19.7. The van der Waals surface area contributed by atoms with Crippen LogP contribution in [0.25, 0.3) is 0 Å². The number of nitrogens with one attached hydrogen (secondary N) is 3. The van der Waals surface area contributed by atoms with Crippen molar-refractivity contribution in [1.82, 2.24) is 5.32 Å². The lowest BCUT2D eigenvalue weighted by molar-refractivity contribution is -0.114. The fourth-order valence-electron chi connectivity index (χ4n) is 2.09. The fourth-order valence-corrected chi connectivity index (χ4v) is 2.54. The van der Waals surface area contributed by atoms with Gasteiger partial charge in [-0.05, 0) is 61.6 Å². The van der Waals surface area contributed by atoms with E-state index in [1.165, 1.54) is 13.0 Å². The summed E-state index contributed by atoms with van der Waals surface area (Å²) < 4.78 is 5.34. The monoisotopic (exact) mass is 391 g/mol. The Bertz CT molecular complexity index is 825. The van der Waals surface area contributed by atoms with Gasteiger partial charge in [-0.15, -0.1) is 0 Å². The van der Waals surface area contributed by atoms with E-state index >= 15 is 0 Å². The number of hydrogen-bond donors (Lipinski definition) is 3. The molecular formula is C18H18ClN3O3S. The Labute approximate surface area is 161 Å². The molecule has 0 spiro atoms. The number of anilines is 2. The minimum absolute atomic E-state index is 0.146. The van der Waals surface area contributed by atoms with Crippen LogP contribution in [0.3, 0.4) is 0 Å². The molecule has 8 heteroatoms. The first-order valence-corrected chi connectivity index (χ1v) is 8.60. The van der Waals surface area contributed by atoms with Gasteiger partial charge in [-0.2, -0.15) is 0 Å². The number of ether oxygens (including phenoxy) is 1. The van der Waals surface area contributed by atoms with E-state index in [-0.39, 0.29) is 16.9 Å². The van der Waals surface area contributed by atoms with Crippen LogP contribution >= 0.6 is 23.8 Å². The number of rotatable bonds is 5. The fraction of sp³-hybridized carbons (Fsp3) is 0.167. The summed E-state index contributed by atoms with van der Waals surface area (Å²) in [7, 11) is 0. The molecule has 0 saturated heterocycles. The molecule has 0 radical (unpaired) electrons. The molecule has 0 aliphatic carbocycles. The Morgan fingerprint density at radius 1 is 1.08 bits per heavy atom. The molecule has 0 heterocycles. The van der Waals surface area contributed by atoms with Crippen LogP contribution in [0, 0.1) is 0 Å². The van der Waals surface area contributed by atoms with Crippen LogP contribution in [0.5, 0.6) is 5.75 Å². The van der Waals surface area contributed by atoms with E-state index in [1.807, 2.05) is 6.92 Å². The minimum atomic E-state index is -0.387. The molecule has 2 aromatic carbocycles. The molecule has 0 atom stereocenters. The van der Waals surface area contributed by atoms with Gasteiger partial charge >= 0.3 is 0 Å². The quantitative estimate of drug-likeness (QED) is 0.675. The number of carbonyl (C=O) groups excluding carboxylic acids is 2. The highest BCUT2D eigenvalue weighted by Crippen LogP contribution is 2.25. The first-order chi connectivity index (χ1) is 12.4. The Morgan fingerprint density at radius 3 is 2.23 bits per heavy atom. The molecule has 136 valence electrons. The van der Waals surface area contributed by atoms with Gasteiger partial charge in [0.05, 0.1) is 11.6 Å². The van der Waals surface area contributed by atoms with E-state index in [0.717, 1.165) is 0 Å². The molecule has 0 saturated carbocycles. The minimum Gasteiger partial charge on any atom is -0.492 e. The molecule has 2 rings (SSSR count). The summed E-state index contributed by atoms with van der Waals surface area (Å²) in [6.45, 7) is 3.77. The number of benzene rings is 2. The van der Waals surface area contributed by atoms with Crippen molar-refractivity contribution in [2.24, 2.45) is 0 Å². The molecule has 0 aliphatic rings. The zero-order chi connectivity index (χ0) is 19.1. The lowest BCUT2D eigenvalue weighted by atomic mass is 10.2. The molecule has 2 aromatic rings. The molecule has 3 N–H and O–H groups in total. The van der Waals surface area contributed by atoms with Crippen LogP contribution in [-0.4, -0.2) is 23.5 Å². The van der Waals surface area contributed by atoms with Gasteiger partial charge in [0.15, 0.2) is 5.11 Å². The standard InChI is InChI=1S/C18H18ClN3O3S/c1-3-25-16-9-4-12(10-15(16)19)17(24)22-18(26)21-14-7-5-13(6-8-14)20-11(2)23/h4-10H,3H2,1-2H3,(H,20,23)(H2,21,22,24,26). The molecule has 0 bridgehead atoms. The summed E-state index contributed by atoms with van der Waals surface area (Å²) >= 11 is 11.2. The molecule has 6 nitrogen and oxygen atoms in total. The second-order valence-electron chi connectivity index (χ2n) is 5.24. The van der Waals surface area contributed by atoms with E-state index in [0.29, 0.717) is 34.3 Å². The highest BCUT2D eigenvalue weighted by Gasteiger charge is 2.11. The predicted molar refractivity (Wildman–Crippen MR) is 107 cm³/mol. The average molecular weight is 392 g/mol. The Kier molecular flexibility index (Phi) is 6.94. The topological polar surface area (TPSA) is 79.5 Å². The number of hydrogen-bond acceptors (Lipinski definition) is 4. The van der Waals surface area contributed by atoms with E-state index in [2.05, 4.69) is 16.0 Å². The maximum atomic E-state index is 12.3. The van der Waals surface area contributed by atoms with Crippen LogP contribution in [0.15, 0.2) is 42.5 Å². The summed E-state index contributed by atoms with van der Waals surface area (Å²) in [4.78, 5) is 23.3. The van der Waals surface area contributed by atoms with Crippen LogP contribution in [0.1, 0.15) is 24.2 Å². The third-order valence-electron chi connectivity index (χ3n) is 3.18. The normalized spacial score (nSPS) is 9.96. The van der Waals surface area contributed by atoms with E-state index in [4.69, 9.17) is 28.6 Å². The van der Waals surface area contributed by atoms with Crippen molar-refractivity contribution >= 4 is 52.1 Å². The van der Waals surface area contributed by atoms with Gasteiger partial charge in [0.2, 0.25) is 5.91 Å². The van der Waals surface area contributed by atoms with Gasteiger partial charge in [0.25, 0.3) is 5.91 Å². The van der Waals surface area contributed by atoms with Crippen molar-refractivity contribution < 1.29 is 14.3 Å². The van der Waals surface area contributed by atoms with Crippen LogP contribution in [0.4, 0.5) is 11.4 Å². The lowest BCUT2D eigenvalue weighted by Crippen LogP contribution is -2.34.